The Balaban J connectivity index is 2.07. The van der Waals surface area contributed by atoms with Crippen molar-refractivity contribution < 1.29 is 0 Å². The molecule has 0 saturated heterocycles. The summed E-state index contributed by atoms with van der Waals surface area (Å²) in [6.45, 7) is 3.72. The van der Waals surface area contributed by atoms with Crippen LogP contribution in [0.1, 0.15) is 11.6 Å². The molecule has 0 atom stereocenters. The normalized spacial score (nSPS) is 10.5. The first kappa shape index (κ1) is 12.4. The van der Waals surface area contributed by atoms with E-state index in [4.69, 9.17) is 0 Å². The Morgan fingerprint density at radius 1 is 0.600 bits per heavy atom. The summed E-state index contributed by atoms with van der Waals surface area (Å²) >= 11 is 0. The molecule has 0 amide bonds. The molecule has 0 fully saturated rings. The first-order chi connectivity index (χ1) is 9.72. The van der Waals surface area contributed by atoms with Crippen molar-refractivity contribution in [3.8, 4) is 22.8 Å². The zero-order valence-corrected chi connectivity index (χ0v) is 11.4. The van der Waals surface area contributed by atoms with Gasteiger partial charge in [0.1, 0.15) is 17.3 Å². The van der Waals surface area contributed by atoms with Gasteiger partial charge in [-0.05, 0) is 26.0 Å². The minimum Gasteiger partial charge on any atom is -0.244 e. The predicted molar refractivity (Wildman–Crippen MR) is 78.0 cm³/mol. The molecule has 0 radical (unpaired) electrons. The maximum absolute atomic E-state index is 4.64. The van der Waals surface area contributed by atoms with Crippen molar-refractivity contribution in [1.82, 2.24) is 19.9 Å². The fraction of sp³-hybridized carbons (Fsp3) is 0.125. The molecule has 2 heterocycles. The van der Waals surface area contributed by atoms with Crippen molar-refractivity contribution in [3.05, 3.63) is 60.2 Å². The number of nitrogens with zero attached hydrogens (tertiary/aromatic N) is 4. The Morgan fingerprint density at radius 2 is 1.25 bits per heavy atom. The van der Waals surface area contributed by atoms with E-state index in [1.165, 1.54) is 0 Å². The van der Waals surface area contributed by atoms with E-state index in [2.05, 4.69) is 19.9 Å². The Morgan fingerprint density at radius 3 is 1.95 bits per heavy atom. The van der Waals surface area contributed by atoms with E-state index < -0.39 is 0 Å². The third kappa shape index (κ3) is 2.54. The summed E-state index contributed by atoms with van der Waals surface area (Å²) in [4.78, 5) is 17.5. The van der Waals surface area contributed by atoms with Gasteiger partial charge >= 0.3 is 0 Å². The van der Waals surface area contributed by atoms with Crippen LogP contribution in [0.25, 0.3) is 22.8 Å². The average Bonchev–Trinajstić information content (AvgIpc) is 2.47. The molecule has 98 valence electrons. The minimum absolute atomic E-state index is 0.618. The highest BCUT2D eigenvalue weighted by molar-refractivity contribution is 5.62. The monoisotopic (exact) mass is 262 g/mol. The van der Waals surface area contributed by atoms with Crippen LogP contribution in [0.4, 0.5) is 0 Å². The Kier molecular flexibility index (Phi) is 3.21. The fourth-order valence-corrected chi connectivity index (χ4v) is 2.06. The van der Waals surface area contributed by atoms with E-state index >= 15 is 0 Å². The van der Waals surface area contributed by atoms with Gasteiger partial charge in [0.05, 0.1) is 5.69 Å². The van der Waals surface area contributed by atoms with Gasteiger partial charge in [0.25, 0.3) is 0 Å². The van der Waals surface area contributed by atoms with E-state index in [0.717, 1.165) is 17.0 Å². The number of aromatic nitrogens is 4. The lowest BCUT2D eigenvalue weighted by molar-refractivity contribution is 0.923. The van der Waals surface area contributed by atoms with Crippen molar-refractivity contribution in [2.24, 2.45) is 0 Å². The maximum Gasteiger partial charge on any atom is 0.181 e. The van der Waals surface area contributed by atoms with Crippen LogP contribution in [0.2, 0.25) is 0 Å². The van der Waals surface area contributed by atoms with Gasteiger partial charge < -0.3 is 0 Å². The quantitative estimate of drug-likeness (QED) is 0.711. The molecule has 0 spiro atoms. The van der Waals surface area contributed by atoms with Crippen molar-refractivity contribution in [3.63, 3.8) is 0 Å². The van der Waals surface area contributed by atoms with Gasteiger partial charge in [0, 0.05) is 5.56 Å². The molecule has 0 bridgehead atoms. The maximum atomic E-state index is 4.64. The van der Waals surface area contributed by atoms with Gasteiger partial charge in [-0.3, -0.25) is 0 Å². The minimum atomic E-state index is 0.618. The summed E-state index contributed by atoms with van der Waals surface area (Å²) in [7, 11) is 0. The van der Waals surface area contributed by atoms with Crippen LogP contribution in [-0.2, 0) is 0 Å². The second-order valence-electron chi connectivity index (χ2n) is 4.53. The zero-order valence-electron chi connectivity index (χ0n) is 11.4. The van der Waals surface area contributed by atoms with Crippen LogP contribution in [0.5, 0.6) is 0 Å². The number of hydrogen-bond donors (Lipinski definition) is 0. The largest absolute Gasteiger partial charge is 0.244 e. The molecular weight excluding hydrogens is 248 g/mol. The molecule has 3 rings (SSSR count). The molecule has 4 nitrogen and oxygen atoms in total. The Hall–Kier alpha value is -2.62. The van der Waals surface area contributed by atoms with E-state index in [-0.39, 0.29) is 0 Å². The van der Waals surface area contributed by atoms with Crippen LogP contribution in [0.15, 0.2) is 48.5 Å². The summed E-state index contributed by atoms with van der Waals surface area (Å²) in [5, 5.41) is 0. The summed E-state index contributed by atoms with van der Waals surface area (Å²) < 4.78 is 0. The van der Waals surface area contributed by atoms with E-state index in [0.29, 0.717) is 17.5 Å². The Labute approximate surface area is 117 Å². The molecule has 4 heteroatoms. The number of hydrogen-bond acceptors (Lipinski definition) is 4. The van der Waals surface area contributed by atoms with Crippen LogP contribution in [-0.4, -0.2) is 19.9 Å². The molecular formula is C16H14N4. The molecule has 0 N–H and O–H groups in total. The van der Waals surface area contributed by atoms with Crippen molar-refractivity contribution in [2.75, 3.05) is 0 Å². The first-order valence-electron chi connectivity index (χ1n) is 6.44. The number of aryl methyl sites for hydroxylation is 2. The average molecular weight is 262 g/mol. The smallest absolute Gasteiger partial charge is 0.181 e. The number of rotatable bonds is 2. The summed E-state index contributed by atoms with van der Waals surface area (Å²) in [5.74, 6) is 2.03. The number of benzene rings is 1. The molecule has 3 aromatic rings. The van der Waals surface area contributed by atoms with Crippen molar-refractivity contribution in [1.29, 1.82) is 0 Å². The highest BCUT2D eigenvalue weighted by Crippen LogP contribution is 2.20. The van der Waals surface area contributed by atoms with E-state index in [1.807, 2.05) is 62.4 Å². The second kappa shape index (κ2) is 5.17. The molecule has 20 heavy (non-hydrogen) atoms. The van der Waals surface area contributed by atoms with Gasteiger partial charge in [0.2, 0.25) is 0 Å². The lowest BCUT2D eigenvalue weighted by Crippen LogP contribution is -2.00. The predicted octanol–water partition coefficient (Wildman–Crippen LogP) is 3.22. The molecule has 0 saturated carbocycles. The highest BCUT2D eigenvalue weighted by Gasteiger charge is 2.07. The highest BCUT2D eigenvalue weighted by atomic mass is 15.0. The lowest BCUT2D eigenvalue weighted by Gasteiger charge is -2.05. The fourth-order valence-electron chi connectivity index (χ4n) is 2.06. The van der Waals surface area contributed by atoms with Crippen LogP contribution in [0.3, 0.4) is 0 Å². The number of pyridine rings is 1. The van der Waals surface area contributed by atoms with Crippen LogP contribution < -0.4 is 0 Å². The lowest BCUT2D eigenvalue weighted by atomic mass is 10.1. The third-order valence-electron chi connectivity index (χ3n) is 2.91. The molecule has 0 aliphatic heterocycles. The topological polar surface area (TPSA) is 51.6 Å². The second-order valence-corrected chi connectivity index (χ2v) is 4.53. The van der Waals surface area contributed by atoms with Gasteiger partial charge in [-0.15, -0.1) is 0 Å². The van der Waals surface area contributed by atoms with Gasteiger partial charge in [-0.2, -0.15) is 0 Å². The van der Waals surface area contributed by atoms with Gasteiger partial charge in [-0.1, -0.05) is 36.4 Å². The molecule has 0 aliphatic carbocycles. The van der Waals surface area contributed by atoms with E-state index in [1.54, 1.807) is 0 Å². The van der Waals surface area contributed by atoms with Crippen LogP contribution >= 0.6 is 0 Å². The van der Waals surface area contributed by atoms with Crippen molar-refractivity contribution >= 4 is 0 Å². The van der Waals surface area contributed by atoms with Crippen molar-refractivity contribution in [2.45, 2.75) is 13.8 Å². The zero-order chi connectivity index (χ0) is 13.9. The van der Waals surface area contributed by atoms with Gasteiger partial charge in [0.15, 0.2) is 5.82 Å². The van der Waals surface area contributed by atoms with Gasteiger partial charge in [-0.25, -0.2) is 19.9 Å². The Bertz CT molecular complexity index is 718. The summed E-state index contributed by atoms with van der Waals surface area (Å²) in [6.07, 6.45) is 0. The molecule has 1 aromatic carbocycles. The molecule has 0 unspecified atom stereocenters. The molecule has 0 aliphatic rings. The SMILES string of the molecule is Cc1nc(C)nc(-c2cccc(-c3ccccc3)n2)n1. The molecule has 2 aromatic heterocycles. The van der Waals surface area contributed by atoms with Crippen LogP contribution in [0, 0.1) is 13.8 Å². The third-order valence-corrected chi connectivity index (χ3v) is 2.91. The van der Waals surface area contributed by atoms with E-state index in [9.17, 15) is 0 Å². The summed E-state index contributed by atoms with van der Waals surface area (Å²) in [5.41, 5.74) is 2.76. The summed E-state index contributed by atoms with van der Waals surface area (Å²) in [6, 6.07) is 15.9. The first-order valence-corrected chi connectivity index (χ1v) is 6.44. The standard InChI is InChI=1S/C16H14N4/c1-11-17-12(2)19-16(18-11)15-10-6-9-14(20-15)13-7-4-3-5-8-13/h3-10H,1-2H3.